The average Bonchev–Trinajstić information content (AvgIpc) is 3.07. The first kappa shape index (κ1) is 36.3. The number of hydrogen-bond donors (Lipinski definition) is 3. The third-order valence-corrected chi connectivity index (χ3v) is 9.40. The molecule has 0 fully saturated rings. The molecule has 2 aromatic carbocycles. The molecule has 0 spiro atoms. The molecule has 0 radical (unpaired) electrons. The first-order chi connectivity index (χ1) is 24.0. The number of allylic oxidation sites excluding steroid dienone is 2. The van der Waals surface area contributed by atoms with Crippen LogP contribution in [-0.4, -0.2) is 69.8 Å². The summed E-state index contributed by atoms with van der Waals surface area (Å²) in [7, 11) is 7.76. The van der Waals surface area contributed by atoms with Crippen molar-refractivity contribution in [3.8, 4) is 22.5 Å². The maximum absolute atomic E-state index is 13.1. The van der Waals surface area contributed by atoms with Gasteiger partial charge in [0.05, 0.1) is 24.1 Å². The van der Waals surface area contributed by atoms with Crippen LogP contribution in [0.15, 0.2) is 71.2 Å². The second-order valence-electron chi connectivity index (χ2n) is 13.6. The summed E-state index contributed by atoms with van der Waals surface area (Å²) >= 11 is 0. The molecule has 3 N–H and O–H groups in total. The van der Waals surface area contributed by atoms with E-state index in [4.69, 9.17) is 4.42 Å². The van der Waals surface area contributed by atoms with Gasteiger partial charge < -0.3 is 35.0 Å². The number of aliphatic hydroxyl groups is 1. The molecule has 264 valence electrons. The minimum Gasteiger partial charge on any atom is -0.545 e. The van der Waals surface area contributed by atoms with Crippen molar-refractivity contribution in [2.75, 3.05) is 46.2 Å². The van der Waals surface area contributed by atoms with Gasteiger partial charge in [-0.25, -0.2) is 4.58 Å². The molecule has 0 saturated carbocycles. The second-order valence-corrected chi connectivity index (χ2v) is 13.6. The number of carbonyl (C=O) groups is 3. The quantitative estimate of drug-likeness (QED) is 0.0877. The highest BCUT2D eigenvalue weighted by atomic mass is 16.4. The number of aromatic carboxylic acids is 1. The molecule has 0 aromatic heterocycles. The van der Waals surface area contributed by atoms with Gasteiger partial charge in [-0.05, 0) is 87.3 Å². The molecular weight excluding hydrogens is 632 g/mol. The topological polar surface area (TPSA) is 138 Å². The van der Waals surface area contributed by atoms with Crippen molar-refractivity contribution >= 4 is 34.4 Å². The number of amides is 2. The van der Waals surface area contributed by atoms with Crippen LogP contribution in [0.1, 0.15) is 78.5 Å². The largest absolute Gasteiger partial charge is 0.545 e. The van der Waals surface area contributed by atoms with Crippen LogP contribution >= 0.6 is 0 Å². The zero-order valence-corrected chi connectivity index (χ0v) is 29.5. The maximum Gasteiger partial charge on any atom is 0.251 e. The molecule has 1 atom stereocenters. The first-order valence-corrected chi connectivity index (χ1v) is 17.4. The number of carbonyl (C=O) groups excluding carboxylic acids is 3. The summed E-state index contributed by atoms with van der Waals surface area (Å²) in [6.07, 6.45) is 10.3. The van der Waals surface area contributed by atoms with Gasteiger partial charge in [0.2, 0.25) is 11.3 Å². The number of hydrogen-bond acceptors (Lipinski definition) is 7. The van der Waals surface area contributed by atoms with E-state index in [0.717, 1.165) is 54.1 Å². The molecule has 2 amide bonds. The van der Waals surface area contributed by atoms with Crippen LogP contribution in [0.25, 0.3) is 33.4 Å². The molecule has 10 heteroatoms. The van der Waals surface area contributed by atoms with Gasteiger partial charge in [-0.15, -0.1) is 0 Å². The fraction of sp³-hybridized carbons (Fsp3) is 0.400. The molecule has 10 nitrogen and oxygen atoms in total. The molecule has 0 unspecified atom stereocenters. The number of carboxylic acids is 1. The lowest BCUT2D eigenvalue weighted by Gasteiger charge is -2.28. The van der Waals surface area contributed by atoms with Crippen molar-refractivity contribution in [1.29, 1.82) is 0 Å². The van der Waals surface area contributed by atoms with E-state index in [2.05, 4.69) is 22.8 Å². The highest BCUT2D eigenvalue weighted by molar-refractivity contribution is 6.09. The lowest BCUT2D eigenvalue weighted by molar-refractivity contribution is -0.254. The highest BCUT2D eigenvalue weighted by Gasteiger charge is 2.29. The Kier molecular flexibility index (Phi) is 11.7. The fourth-order valence-corrected chi connectivity index (χ4v) is 6.54. The van der Waals surface area contributed by atoms with Crippen molar-refractivity contribution in [3.63, 3.8) is 0 Å². The van der Waals surface area contributed by atoms with Crippen molar-refractivity contribution in [2.24, 2.45) is 0 Å². The average molecular weight is 681 g/mol. The number of nitrogens with zero attached hydrogens (tertiary/aromatic N) is 2. The fourth-order valence-electron chi connectivity index (χ4n) is 6.54. The number of anilines is 1. The SMILES string of the molecule is CN(C)c1ccc2c(-c3ccc(C(=O)NCCCCCNC(=O)C[C@]4(O)CC/C=C\CCC4)cc3C(=O)[O-])c3ccc(=[N+](C)C)cc-3oc2c1. The predicted octanol–water partition coefficient (Wildman–Crippen LogP) is 4.32. The molecule has 5 rings (SSSR count). The van der Waals surface area contributed by atoms with Crippen LogP contribution in [0.3, 0.4) is 0 Å². The standard InChI is InChI=1S/C40H48N4O6/c1-43(2)28-14-17-31-34(24-28)50-35-25-29(44(3)4)15-18-32(35)37(31)30-16-13-27(23-33(30)39(47)48)38(46)42-22-12-8-11-21-41-36(45)26-40(49)19-9-6-5-7-10-20-40/h5-6,13-18,23-25,49H,7-12,19-22,26H2,1-4H3,(H2-,41,42,45,46,47,48)/b6-5-/t40-/m0/s1. The Labute approximate surface area is 293 Å². The number of benzene rings is 3. The van der Waals surface area contributed by atoms with Gasteiger partial charge in [-0.1, -0.05) is 18.2 Å². The molecule has 3 aliphatic rings. The number of carboxylic acid groups (broad SMARTS) is 1. The van der Waals surface area contributed by atoms with Crippen LogP contribution in [-0.2, 0) is 4.79 Å². The Bertz CT molecular complexity index is 1940. The molecule has 1 heterocycles. The summed E-state index contributed by atoms with van der Waals surface area (Å²) in [5.41, 5.74) is 2.59. The van der Waals surface area contributed by atoms with E-state index >= 15 is 0 Å². The van der Waals surface area contributed by atoms with E-state index in [1.165, 1.54) is 6.07 Å². The van der Waals surface area contributed by atoms with E-state index in [1.54, 1.807) is 12.1 Å². The molecule has 1 aliphatic heterocycles. The van der Waals surface area contributed by atoms with Crippen molar-refractivity contribution < 1.29 is 29.0 Å². The van der Waals surface area contributed by atoms with Crippen LogP contribution in [0.5, 0.6) is 0 Å². The zero-order valence-electron chi connectivity index (χ0n) is 29.5. The summed E-state index contributed by atoms with van der Waals surface area (Å²) in [4.78, 5) is 40.1. The molecular formula is C40H48N4O6. The summed E-state index contributed by atoms with van der Waals surface area (Å²) in [5, 5.41) is 30.9. The van der Waals surface area contributed by atoms with E-state index in [-0.39, 0.29) is 29.4 Å². The van der Waals surface area contributed by atoms with Gasteiger partial charge in [-0.2, -0.15) is 0 Å². The van der Waals surface area contributed by atoms with Gasteiger partial charge in [0.1, 0.15) is 25.4 Å². The number of unbranched alkanes of at least 4 members (excludes halogenated alkanes) is 2. The first-order valence-electron chi connectivity index (χ1n) is 17.4. The summed E-state index contributed by atoms with van der Waals surface area (Å²) < 4.78 is 8.34. The van der Waals surface area contributed by atoms with Gasteiger partial charge in [0.25, 0.3) is 5.91 Å². The van der Waals surface area contributed by atoms with Crippen LogP contribution in [0.2, 0.25) is 0 Å². The van der Waals surface area contributed by atoms with Gasteiger partial charge in [0, 0.05) is 72.6 Å². The summed E-state index contributed by atoms with van der Waals surface area (Å²) in [5.74, 6) is -1.30. The van der Waals surface area contributed by atoms with E-state index in [9.17, 15) is 24.6 Å². The van der Waals surface area contributed by atoms with Crippen molar-refractivity contribution in [1.82, 2.24) is 15.2 Å². The van der Waals surface area contributed by atoms with Crippen molar-refractivity contribution in [2.45, 2.75) is 63.4 Å². The lowest BCUT2D eigenvalue weighted by Crippen LogP contribution is -2.37. The number of fused-ring (bicyclic) bond motifs is 2. The Hall–Kier alpha value is -4.96. The molecule has 2 aliphatic carbocycles. The van der Waals surface area contributed by atoms with Gasteiger partial charge in [0.15, 0.2) is 0 Å². The van der Waals surface area contributed by atoms with E-state index in [0.29, 0.717) is 54.8 Å². The highest BCUT2D eigenvalue weighted by Crippen LogP contribution is 2.42. The van der Waals surface area contributed by atoms with Gasteiger partial charge >= 0.3 is 0 Å². The minimum absolute atomic E-state index is 0.0870. The molecule has 0 saturated heterocycles. The summed E-state index contributed by atoms with van der Waals surface area (Å²) in [6.45, 7) is 0.905. The van der Waals surface area contributed by atoms with E-state index in [1.807, 2.05) is 74.1 Å². The Morgan fingerprint density at radius 3 is 2.38 bits per heavy atom. The van der Waals surface area contributed by atoms with Crippen LogP contribution < -0.4 is 30.6 Å². The Morgan fingerprint density at radius 1 is 0.900 bits per heavy atom. The molecule has 0 bridgehead atoms. The van der Waals surface area contributed by atoms with E-state index < -0.39 is 11.6 Å². The third-order valence-electron chi connectivity index (χ3n) is 9.40. The Morgan fingerprint density at radius 2 is 1.64 bits per heavy atom. The normalized spacial score (nSPS) is 16.7. The predicted molar refractivity (Wildman–Crippen MR) is 195 cm³/mol. The molecule has 50 heavy (non-hydrogen) atoms. The smallest absolute Gasteiger partial charge is 0.251 e. The number of nitrogens with one attached hydrogen (secondary N) is 2. The second kappa shape index (κ2) is 16.2. The van der Waals surface area contributed by atoms with Crippen LogP contribution in [0, 0.1) is 0 Å². The van der Waals surface area contributed by atoms with Crippen molar-refractivity contribution in [3.05, 3.63) is 83.2 Å². The minimum atomic E-state index is -1.38. The Balaban J connectivity index is 1.25. The monoisotopic (exact) mass is 680 g/mol. The molecule has 2 aromatic rings. The lowest BCUT2D eigenvalue weighted by atomic mass is 9.86. The van der Waals surface area contributed by atoms with Gasteiger partial charge in [-0.3, -0.25) is 9.59 Å². The summed E-state index contributed by atoms with van der Waals surface area (Å²) in [6, 6.07) is 16.3. The zero-order chi connectivity index (χ0) is 35.8. The number of rotatable bonds is 12. The third kappa shape index (κ3) is 8.79. The van der Waals surface area contributed by atoms with Crippen LogP contribution in [0.4, 0.5) is 5.69 Å². The maximum atomic E-state index is 13.1.